The molecule has 1 fully saturated rings. The summed E-state index contributed by atoms with van der Waals surface area (Å²) in [5.41, 5.74) is 3.74. The van der Waals surface area contributed by atoms with Crippen molar-refractivity contribution in [2.75, 3.05) is 18.0 Å². The minimum atomic E-state index is 0.674. The van der Waals surface area contributed by atoms with Crippen LogP contribution in [0.25, 0.3) is 0 Å². The Labute approximate surface area is 84.1 Å². The summed E-state index contributed by atoms with van der Waals surface area (Å²) in [5, 5.41) is 0. The zero-order valence-electron chi connectivity index (χ0n) is 8.24. The second kappa shape index (κ2) is 4.39. The quantitative estimate of drug-likeness (QED) is 0.545. The average Bonchev–Trinajstić information content (AvgIpc) is 2.72. The summed E-state index contributed by atoms with van der Waals surface area (Å²) >= 11 is 0. The molecule has 14 heavy (non-hydrogen) atoms. The molecule has 76 valence electrons. The molecular weight excluding hydrogens is 176 g/mol. The lowest BCUT2D eigenvalue weighted by molar-refractivity contribution is 0.738. The van der Waals surface area contributed by atoms with E-state index in [2.05, 4.69) is 27.4 Å². The number of nitrogens with one attached hydrogen (secondary N) is 1. The average molecular weight is 192 g/mol. The Bertz CT molecular complexity index is 277. The van der Waals surface area contributed by atoms with Crippen LogP contribution in [-0.2, 0) is 6.54 Å². The second-order valence-corrected chi connectivity index (χ2v) is 3.60. The van der Waals surface area contributed by atoms with Crippen molar-refractivity contribution in [3.63, 3.8) is 0 Å². The fraction of sp³-hybridized carbons (Fsp3) is 0.500. The molecule has 0 spiro atoms. The van der Waals surface area contributed by atoms with Crippen molar-refractivity contribution >= 4 is 5.82 Å². The van der Waals surface area contributed by atoms with Crippen molar-refractivity contribution in [3.8, 4) is 0 Å². The molecule has 4 heteroatoms. The lowest BCUT2D eigenvalue weighted by atomic mass is 10.3. The highest BCUT2D eigenvalue weighted by Crippen LogP contribution is 2.17. The summed E-state index contributed by atoms with van der Waals surface area (Å²) in [6, 6.07) is 4.14. The molecule has 1 aliphatic rings. The van der Waals surface area contributed by atoms with Crippen LogP contribution in [0, 0.1) is 0 Å². The van der Waals surface area contributed by atoms with Crippen LogP contribution in [0.3, 0.4) is 0 Å². The van der Waals surface area contributed by atoms with Gasteiger partial charge in [0.1, 0.15) is 5.82 Å². The number of nitrogens with two attached hydrogens (primary N) is 1. The third-order valence-corrected chi connectivity index (χ3v) is 2.55. The number of hydrogen-bond acceptors (Lipinski definition) is 4. The molecule has 0 aromatic carbocycles. The molecule has 0 unspecified atom stereocenters. The van der Waals surface area contributed by atoms with Gasteiger partial charge < -0.3 is 4.90 Å². The van der Waals surface area contributed by atoms with Gasteiger partial charge in [-0.25, -0.2) is 4.98 Å². The van der Waals surface area contributed by atoms with Gasteiger partial charge in [0.2, 0.25) is 0 Å². The van der Waals surface area contributed by atoms with E-state index in [0.29, 0.717) is 6.54 Å². The smallest absolute Gasteiger partial charge is 0.128 e. The first kappa shape index (κ1) is 9.43. The van der Waals surface area contributed by atoms with Crippen LogP contribution in [0.1, 0.15) is 18.4 Å². The molecule has 0 aliphatic carbocycles. The van der Waals surface area contributed by atoms with E-state index in [1.54, 1.807) is 0 Å². The molecule has 2 heterocycles. The van der Waals surface area contributed by atoms with Gasteiger partial charge >= 0.3 is 0 Å². The predicted octanol–water partition coefficient (Wildman–Crippen LogP) is 0.645. The van der Waals surface area contributed by atoms with Crippen molar-refractivity contribution in [2.45, 2.75) is 19.4 Å². The lowest BCUT2D eigenvalue weighted by Crippen LogP contribution is -2.22. The Morgan fingerprint density at radius 2 is 2.14 bits per heavy atom. The zero-order valence-corrected chi connectivity index (χ0v) is 8.24. The first-order valence-electron chi connectivity index (χ1n) is 5.03. The molecule has 0 amide bonds. The molecule has 3 N–H and O–H groups in total. The monoisotopic (exact) mass is 192 g/mol. The van der Waals surface area contributed by atoms with Gasteiger partial charge in [-0.1, -0.05) is 6.07 Å². The molecule has 1 saturated heterocycles. The zero-order chi connectivity index (χ0) is 9.80. The van der Waals surface area contributed by atoms with Crippen LogP contribution in [0.4, 0.5) is 5.82 Å². The van der Waals surface area contributed by atoms with Gasteiger partial charge in [0.25, 0.3) is 0 Å². The fourth-order valence-corrected chi connectivity index (χ4v) is 1.77. The van der Waals surface area contributed by atoms with E-state index >= 15 is 0 Å². The largest absolute Gasteiger partial charge is 0.357 e. The third kappa shape index (κ3) is 2.02. The maximum absolute atomic E-state index is 5.23. The highest BCUT2D eigenvalue weighted by atomic mass is 15.2. The van der Waals surface area contributed by atoms with E-state index in [1.807, 2.05) is 6.20 Å². The van der Waals surface area contributed by atoms with E-state index < -0.39 is 0 Å². The van der Waals surface area contributed by atoms with Crippen molar-refractivity contribution in [2.24, 2.45) is 5.84 Å². The molecule has 4 nitrogen and oxygen atoms in total. The van der Waals surface area contributed by atoms with Crippen LogP contribution >= 0.6 is 0 Å². The van der Waals surface area contributed by atoms with Crippen LogP contribution < -0.4 is 16.2 Å². The summed E-state index contributed by atoms with van der Waals surface area (Å²) in [7, 11) is 0. The highest BCUT2D eigenvalue weighted by Gasteiger charge is 2.12. The van der Waals surface area contributed by atoms with Crippen molar-refractivity contribution < 1.29 is 0 Å². The summed E-state index contributed by atoms with van der Waals surface area (Å²) < 4.78 is 0. The molecular formula is C10H16N4. The number of nitrogens with zero attached hydrogens (tertiary/aromatic N) is 2. The molecule has 1 aromatic heterocycles. The molecule has 1 aliphatic heterocycles. The number of anilines is 1. The molecule has 0 atom stereocenters. The maximum Gasteiger partial charge on any atom is 0.128 e. The van der Waals surface area contributed by atoms with Gasteiger partial charge in [-0.15, -0.1) is 0 Å². The Hall–Kier alpha value is -1.13. The lowest BCUT2D eigenvalue weighted by Gasteiger charge is -2.16. The Balaban J connectivity index is 2.05. The van der Waals surface area contributed by atoms with Gasteiger partial charge in [-0.05, 0) is 24.5 Å². The fourth-order valence-electron chi connectivity index (χ4n) is 1.77. The van der Waals surface area contributed by atoms with Gasteiger partial charge in [0.15, 0.2) is 0 Å². The minimum absolute atomic E-state index is 0.674. The molecule has 2 rings (SSSR count). The summed E-state index contributed by atoms with van der Waals surface area (Å²) in [5.74, 6) is 6.32. The van der Waals surface area contributed by atoms with E-state index in [1.165, 1.54) is 12.8 Å². The van der Waals surface area contributed by atoms with Crippen LogP contribution in [0.15, 0.2) is 18.3 Å². The normalized spacial score (nSPS) is 16.2. The van der Waals surface area contributed by atoms with Crippen LogP contribution in [-0.4, -0.2) is 18.1 Å². The standard InChI is InChI=1S/C10H16N4/c11-13-8-9-3-4-10(12-7-9)14-5-1-2-6-14/h3-4,7,13H,1-2,5-6,8,11H2. The first-order valence-corrected chi connectivity index (χ1v) is 5.03. The van der Waals surface area contributed by atoms with Gasteiger partial charge in [-0.3, -0.25) is 11.3 Å². The molecule has 0 saturated carbocycles. The summed E-state index contributed by atoms with van der Waals surface area (Å²) in [6.45, 7) is 2.95. The second-order valence-electron chi connectivity index (χ2n) is 3.60. The van der Waals surface area contributed by atoms with Gasteiger partial charge in [0, 0.05) is 25.8 Å². The third-order valence-electron chi connectivity index (χ3n) is 2.55. The van der Waals surface area contributed by atoms with Gasteiger partial charge in [-0.2, -0.15) is 0 Å². The number of pyridine rings is 1. The van der Waals surface area contributed by atoms with E-state index in [-0.39, 0.29) is 0 Å². The summed E-state index contributed by atoms with van der Waals surface area (Å²) in [4.78, 5) is 6.73. The molecule has 0 radical (unpaired) electrons. The van der Waals surface area contributed by atoms with Crippen molar-refractivity contribution in [1.82, 2.24) is 10.4 Å². The van der Waals surface area contributed by atoms with E-state index in [9.17, 15) is 0 Å². The van der Waals surface area contributed by atoms with Crippen molar-refractivity contribution in [1.29, 1.82) is 0 Å². The van der Waals surface area contributed by atoms with Crippen molar-refractivity contribution in [3.05, 3.63) is 23.9 Å². The summed E-state index contributed by atoms with van der Waals surface area (Å²) in [6.07, 6.45) is 4.45. The van der Waals surface area contributed by atoms with Crippen LogP contribution in [0.5, 0.6) is 0 Å². The van der Waals surface area contributed by atoms with E-state index in [4.69, 9.17) is 5.84 Å². The number of hydrazine groups is 1. The highest BCUT2D eigenvalue weighted by molar-refractivity contribution is 5.40. The first-order chi connectivity index (χ1) is 6.90. The minimum Gasteiger partial charge on any atom is -0.357 e. The number of aromatic nitrogens is 1. The van der Waals surface area contributed by atoms with E-state index in [0.717, 1.165) is 24.5 Å². The molecule has 0 bridgehead atoms. The topological polar surface area (TPSA) is 54.2 Å². The predicted molar refractivity (Wildman–Crippen MR) is 56.7 cm³/mol. The Kier molecular flexibility index (Phi) is 2.96. The SMILES string of the molecule is NNCc1ccc(N2CCCC2)nc1. The molecule has 1 aromatic rings. The number of hydrogen-bond donors (Lipinski definition) is 2. The van der Waals surface area contributed by atoms with Crippen LogP contribution in [0.2, 0.25) is 0 Å². The number of rotatable bonds is 3. The van der Waals surface area contributed by atoms with Gasteiger partial charge in [0.05, 0.1) is 0 Å². The Morgan fingerprint density at radius 1 is 1.36 bits per heavy atom. The maximum atomic E-state index is 5.23. The Morgan fingerprint density at radius 3 is 2.71 bits per heavy atom.